The molecule has 0 radical (unpaired) electrons. The molecule has 166 valence electrons. The lowest BCUT2D eigenvalue weighted by Crippen LogP contribution is -2.48. The van der Waals surface area contributed by atoms with Crippen LogP contribution in [0.4, 0.5) is 0 Å². The van der Waals surface area contributed by atoms with E-state index in [1.165, 1.54) is 23.8 Å². The van der Waals surface area contributed by atoms with Crippen LogP contribution in [0.2, 0.25) is 0 Å². The van der Waals surface area contributed by atoms with E-state index in [1.807, 2.05) is 44.2 Å². The van der Waals surface area contributed by atoms with Gasteiger partial charge in [0.05, 0.1) is 17.7 Å². The van der Waals surface area contributed by atoms with Gasteiger partial charge in [-0.3, -0.25) is 14.7 Å². The Balaban J connectivity index is 1.56. The first kappa shape index (κ1) is 22.3. The number of hydrogen-bond acceptors (Lipinski definition) is 8. The van der Waals surface area contributed by atoms with E-state index in [9.17, 15) is 9.59 Å². The van der Waals surface area contributed by atoms with Gasteiger partial charge in [-0.1, -0.05) is 50.3 Å². The lowest BCUT2D eigenvalue weighted by molar-refractivity contribution is -0.150. The summed E-state index contributed by atoms with van der Waals surface area (Å²) in [7, 11) is 1.32. The third kappa shape index (κ3) is 4.22. The number of aromatic nitrogens is 1. The number of hydrogen-bond donors (Lipinski definition) is 0. The largest absolute Gasteiger partial charge is 0.467 e. The van der Waals surface area contributed by atoms with Crippen molar-refractivity contribution in [3.05, 3.63) is 47.0 Å². The van der Waals surface area contributed by atoms with Crippen LogP contribution < -0.4 is 9.47 Å². The summed E-state index contributed by atoms with van der Waals surface area (Å²) in [6.45, 7) is 4.08. The second kappa shape index (κ2) is 9.30. The zero-order valence-corrected chi connectivity index (χ0v) is 19.5. The van der Waals surface area contributed by atoms with Crippen molar-refractivity contribution in [3.8, 4) is 22.8 Å². The first-order valence-electron chi connectivity index (χ1n) is 10.1. The van der Waals surface area contributed by atoms with Gasteiger partial charge >= 0.3 is 5.97 Å². The maximum atomic E-state index is 13.1. The number of nitrogens with zero attached hydrogens (tertiary/aromatic N) is 2. The molecule has 1 saturated heterocycles. The molecular formula is C23H22N2O5S2. The molecule has 1 aromatic heterocycles. The van der Waals surface area contributed by atoms with E-state index >= 15 is 0 Å². The molecule has 4 rings (SSSR count). The van der Waals surface area contributed by atoms with E-state index < -0.39 is 12.0 Å². The minimum atomic E-state index is -0.741. The summed E-state index contributed by atoms with van der Waals surface area (Å²) >= 11 is 6.60. The van der Waals surface area contributed by atoms with Crippen LogP contribution in [0.5, 0.6) is 11.5 Å². The average Bonchev–Trinajstić information content (AvgIpc) is 3.38. The molecule has 3 heterocycles. The summed E-state index contributed by atoms with van der Waals surface area (Å²) < 4.78 is 16.0. The van der Waals surface area contributed by atoms with Crippen LogP contribution >= 0.6 is 24.0 Å². The highest BCUT2D eigenvalue weighted by Gasteiger charge is 2.43. The number of benzene rings is 1. The van der Waals surface area contributed by atoms with Gasteiger partial charge in [0.25, 0.3) is 5.91 Å². The van der Waals surface area contributed by atoms with Crippen molar-refractivity contribution in [2.75, 3.05) is 13.9 Å². The first-order chi connectivity index (χ1) is 15.4. The van der Waals surface area contributed by atoms with Crippen LogP contribution in [0, 0.1) is 5.92 Å². The Kier molecular flexibility index (Phi) is 6.48. The van der Waals surface area contributed by atoms with Gasteiger partial charge in [0.15, 0.2) is 11.5 Å². The summed E-state index contributed by atoms with van der Waals surface area (Å²) in [5.41, 5.74) is 2.44. The Morgan fingerprint density at radius 2 is 2.09 bits per heavy atom. The fraction of sp³-hybridized carbons (Fsp3) is 0.304. The number of esters is 1. The number of methoxy groups -OCH3 is 1. The van der Waals surface area contributed by atoms with Gasteiger partial charge < -0.3 is 14.2 Å². The van der Waals surface area contributed by atoms with Crippen molar-refractivity contribution < 1.29 is 23.8 Å². The van der Waals surface area contributed by atoms with E-state index in [0.717, 1.165) is 22.6 Å². The summed E-state index contributed by atoms with van der Waals surface area (Å²) in [6.07, 6.45) is 4.14. The van der Waals surface area contributed by atoms with Crippen molar-refractivity contribution in [2.45, 2.75) is 26.3 Å². The number of fused-ring (bicyclic) bond motifs is 1. The van der Waals surface area contributed by atoms with Crippen LogP contribution in [-0.4, -0.2) is 46.0 Å². The maximum absolute atomic E-state index is 13.1. The standard InChI is InChI=1S/C23H22N2O5S2/c1-4-13(2)20(22(27)28-3)25-21(26)19(32-23(25)31)9-14-5-7-16(24-11-14)15-6-8-17-18(10-15)30-12-29-17/h5-11,13,20H,4,12H2,1-3H3/b19-9-/t13?,20-/m0/s1. The minimum absolute atomic E-state index is 0.0908. The maximum Gasteiger partial charge on any atom is 0.329 e. The monoisotopic (exact) mass is 470 g/mol. The highest BCUT2D eigenvalue weighted by Crippen LogP contribution is 2.37. The average molecular weight is 471 g/mol. The molecule has 9 heteroatoms. The molecule has 1 fully saturated rings. The Hall–Kier alpha value is -2.91. The van der Waals surface area contributed by atoms with E-state index in [1.54, 1.807) is 12.3 Å². The van der Waals surface area contributed by atoms with Gasteiger partial charge in [0, 0.05) is 11.8 Å². The predicted octanol–water partition coefficient (Wildman–Crippen LogP) is 4.27. The molecule has 7 nitrogen and oxygen atoms in total. The molecule has 0 saturated carbocycles. The Morgan fingerprint density at radius 1 is 1.31 bits per heavy atom. The molecule has 1 amide bonds. The smallest absolute Gasteiger partial charge is 0.329 e. The van der Waals surface area contributed by atoms with Crippen molar-refractivity contribution in [2.24, 2.45) is 5.92 Å². The third-order valence-corrected chi connectivity index (χ3v) is 6.81. The van der Waals surface area contributed by atoms with Crippen LogP contribution in [0.1, 0.15) is 25.8 Å². The summed E-state index contributed by atoms with van der Waals surface area (Å²) in [5.74, 6) is 0.558. The van der Waals surface area contributed by atoms with Gasteiger partial charge in [-0.25, -0.2) is 4.79 Å². The van der Waals surface area contributed by atoms with Crippen molar-refractivity contribution in [3.63, 3.8) is 0 Å². The number of ether oxygens (including phenoxy) is 3. The normalized spacial score (nSPS) is 18.2. The number of amides is 1. The molecule has 0 N–H and O–H groups in total. The molecular weight excluding hydrogens is 448 g/mol. The lowest BCUT2D eigenvalue weighted by atomic mass is 9.98. The van der Waals surface area contributed by atoms with Gasteiger partial charge in [0.1, 0.15) is 10.4 Å². The van der Waals surface area contributed by atoms with Gasteiger partial charge in [0.2, 0.25) is 6.79 Å². The molecule has 1 aromatic carbocycles. The molecule has 2 aliphatic heterocycles. The fourth-order valence-electron chi connectivity index (χ4n) is 3.52. The van der Waals surface area contributed by atoms with Gasteiger partial charge in [-0.15, -0.1) is 0 Å². The quantitative estimate of drug-likeness (QED) is 0.352. The Labute approximate surface area is 195 Å². The molecule has 0 aliphatic carbocycles. The zero-order chi connectivity index (χ0) is 22.8. The van der Waals surface area contributed by atoms with Gasteiger partial charge in [-0.2, -0.15) is 0 Å². The number of thiocarbonyl (C=S) groups is 1. The van der Waals surface area contributed by atoms with Crippen molar-refractivity contribution in [1.29, 1.82) is 0 Å². The Morgan fingerprint density at radius 3 is 2.78 bits per heavy atom. The number of thioether (sulfide) groups is 1. The summed E-state index contributed by atoms with van der Waals surface area (Å²) in [6, 6.07) is 8.68. The van der Waals surface area contributed by atoms with Crippen LogP contribution in [0.15, 0.2) is 41.4 Å². The van der Waals surface area contributed by atoms with Crippen molar-refractivity contribution in [1.82, 2.24) is 9.88 Å². The molecule has 2 aromatic rings. The Bertz CT molecular complexity index is 1100. The van der Waals surface area contributed by atoms with E-state index in [2.05, 4.69) is 4.98 Å². The van der Waals surface area contributed by atoms with Crippen LogP contribution in [0.3, 0.4) is 0 Å². The second-order valence-corrected chi connectivity index (χ2v) is 9.13. The number of carbonyl (C=O) groups is 2. The van der Waals surface area contributed by atoms with Crippen LogP contribution in [0.25, 0.3) is 17.3 Å². The SMILES string of the molecule is CCC(C)[C@@H](C(=O)OC)N1C(=O)/C(=C/c2ccc(-c3ccc4c(c3)OCO4)nc2)SC1=S. The number of carbonyl (C=O) groups excluding carboxylic acids is 2. The van der Waals surface area contributed by atoms with E-state index in [-0.39, 0.29) is 18.6 Å². The van der Waals surface area contributed by atoms with E-state index in [0.29, 0.717) is 21.4 Å². The fourth-order valence-corrected chi connectivity index (χ4v) is 4.85. The predicted molar refractivity (Wildman–Crippen MR) is 126 cm³/mol. The number of rotatable bonds is 6. The highest BCUT2D eigenvalue weighted by molar-refractivity contribution is 8.26. The molecule has 0 spiro atoms. The van der Waals surface area contributed by atoms with Crippen LogP contribution in [-0.2, 0) is 14.3 Å². The number of pyridine rings is 1. The molecule has 32 heavy (non-hydrogen) atoms. The summed E-state index contributed by atoms with van der Waals surface area (Å²) in [5, 5.41) is 0. The summed E-state index contributed by atoms with van der Waals surface area (Å²) in [4.78, 5) is 31.8. The minimum Gasteiger partial charge on any atom is -0.467 e. The lowest BCUT2D eigenvalue weighted by Gasteiger charge is -2.28. The topological polar surface area (TPSA) is 78.0 Å². The van der Waals surface area contributed by atoms with E-state index in [4.69, 9.17) is 26.4 Å². The highest BCUT2D eigenvalue weighted by atomic mass is 32.2. The van der Waals surface area contributed by atoms with Gasteiger partial charge in [-0.05, 0) is 41.8 Å². The molecule has 2 aliphatic rings. The molecule has 0 bridgehead atoms. The third-order valence-electron chi connectivity index (χ3n) is 5.48. The molecule has 2 atom stereocenters. The zero-order valence-electron chi connectivity index (χ0n) is 17.9. The van der Waals surface area contributed by atoms with Crippen molar-refractivity contribution >= 4 is 46.3 Å². The molecule has 1 unspecified atom stereocenters. The first-order valence-corrected chi connectivity index (χ1v) is 11.4. The second-order valence-electron chi connectivity index (χ2n) is 7.45.